The molecule has 0 saturated heterocycles. The zero-order valence-corrected chi connectivity index (χ0v) is 12.4. The van der Waals surface area contributed by atoms with Crippen molar-refractivity contribution in [1.82, 2.24) is 5.32 Å². The fourth-order valence-corrected chi connectivity index (χ4v) is 2.64. The third-order valence-electron chi connectivity index (χ3n) is 3.71. The van der Waals surface area contributed by atoms with Crippen molar-refractivity contribution in [2.24, 2.45) is 11.8 Å². The average Bonchev–Trinajstić information content (AvgIpc) is 2.38. The standard InChI is InChI=1S/C15H31NO2/c1-13(2)11-17-9-10-18-12-15(16-3)14-7-5-4-6-8-14/h13-16H,4-12H2,1-3H3. The summed E-state index contributed by atoms with van der Waals surface area (Å²) in [6, 6.07) is 0.524. The van der Waals surface area contributed by atoms with E-state index >= 15 is 0 Å². The molecule has 1 atom stereocenters. The maximum Gasteiger partial charge on any atom is 0.0701 e. The van der Waals surface area contributed by atoms with Crippen LogP contribution in [0.4, 0.5) is 0 Å². The van der Waals surface area contributed by atoms with E-state index in [0.29, 0.717) is 12.0 Å². The van der Waals surface area contributed by atoms with Gasteiger partial charge in [0.05, 0.1) is 19.8 Å². The van der Waals surface area contributed by atoms with Crippen molar-refractivity contribution in [3.63, 3.8) is 0 Å². The summed E-state index contributed by atoms with van der Waals surface area (Å²) < 4.78 is 11.2. The first-order valence-electron chi connectivity index (χ1n) is 7.56. The van der Waals surface area contributed by atoms with Crippen molar-refractivity contribution in [2.45, 2.75) is 52.0 Å². The van der Waals surface area contributed by atoms with Gasteiger partial charge < -0.3 is 14.8 Å². The maximum atomic E-state index is 5.73. The molecule has 0 bridgehead atoms. The minimum atomic E-state index is 0.524. The Morgan fingerprint density at radius 3 is 2.17 bits per heavy atom. The Kier molecular flexibility index (Phi) is 8.64. The van der Waals surface area contributed by atoms with Crippen molar-refractivity contribution >= 4 is 0 Å². The lowest BCUT2D eigenvalue weighted by atomic mass is 9.84. The predicted molar refractivity (Wildman–Crippen MR) is 75.9 cm³/mol. The van der Waals surface area contributed by atoms with Crippen LogP contribution in [-0.2, 0) is 9.47 Å². The molecule has 1 saturated carbocycles. The summed E-state index contributed by atoms with van der Waals surface area (Å²) in [5.41, 5.74) is 0. The quantitative estimate of drug-likeness (QED) is 0.644. The van der Waals surface area contributed by atoms with E-state index in [1.165, 1.54) is 32.1 Å². The van der Waals surface area contributed by atoms with Crippen molar-refractivity contribution in [3.8, 4) is 0 Å². The molecule has 18 heavy (non-hydrogen) atoms. The van der Waals surface area contributed by atoms with Crippen molar-refractivity contribution in [2.75, 3.05) is 33.5 Å². The molecule has 1 fully saturated rings. The van der Waals surface area contributed by atoms with Crippen LogP contribution in [-0.4, -0.2) is 39.5 Å². The Morgan fingerprint density at radius 1 is 1.00 bits per heavy atom. The lowest BCUT2D eigenvalue weighted by molar-refractivity contribution is 0.0229. The fourth-order valence-electron chi connectivity index (χ4n) is 2.64. The second-order valence-corrected chi connectivity index (χ2v) is 5.84. The van der Waals surface area contributed by atoms with Gasteiger partial charge in [0.15, 0.2) is 0 Å². The van der Waals surface area contributed by atoms with E-state index in [-0.39, 0.29) is 0 Å². The van der Waals surface area contributed by atoms with Gasteiger partial charge >= 0.3 is 0 Å². The van der Waals surface area contributed by atoms with E-state index in [4.69, 9.17) is 9.47 Å². The summed E-state index contributed by atoms with van der Waals surface area (Å²) in [6.07, 6.45) is 6.91. The van der Waals surface area contributed by atoms with Crippen LogP contribution in [0.1, 0.15) is 46.0 Å². The molecule has 0 heterocycles. The number of ether oxygens (including phenoxy) is 2. The smallest absolute Gasteiger partial charge is 0.0701 e. The predicted octanol–water partition coefficient (Wildman–Crippen LogP) is 2.84. The summed E-state index contributed by atoms with van der Waals surface area (Å²) in [4.78, 5) is 0. The Bertz CT molecular complexity index is 191. The Hall–Kier alpha value is -0.120. The van der Waals surface area contributed by atoms with Gasteiger partial charge in [0.25, 0.3) is 0 Å². The molecule has 0 spiro atoms. The monoisotopic (exact) mass is 257 g/mol. The molecular weight excluding hydrogens is 226 g/mol. The molecule has 1 aliphatic carbocycles. The third-order valence-corrected chi connectivity index (χ3v) is 3.71. The van der Waals surface area contributed by atoms with Gasteiger partial charge in [-0.3, -0.25) is 0 Å². The van der Waals surface area contributed by atoms with Crippen molar-refractivity contribution < 1.29 is 9.47 Å². The normalized spacial score (nSPS) is 19.3. The number of rotatable bonds is 9. The van der Waals surface area contributed by atoms with Gasteiger partial charge in [-0.1, -0.05) is 33.1 Å². The van der Waals surface area contributed by atoms with Crippen LogP contribution in [0.15, 0.2) is 0 Å². The number of hydrogen-bond donors (Lipinski definition) is 1. The Morgan fingerprint density at radius 2 is 1.61 bits per heavy atom. The number of hydrogen-bond acceptors (Lipinski definition) is 3. The van der Waals surface area contributed by atoms with Crippen LogP contribution in [0.2, 0.25) is 0 Å². The molecule has 3 heteroatoms. The van der Waals surface area contributed by atoms with Crippen LogP contribution in [0.3, 0.4) is 0 Å². The highest BCUT2D eigenvalue weighted by atomic mass is 16.5. The molecule has 1 unspecified atom stereocenters. The first-order valence-corrected chi connectivity index (χ1v) is 7.56. The minimum Gasteiger partial charge on any atom is -0.379 e. The summed E-state index contributed by atoms with van der Waals surface area (Å²) in [5.74, 6) is 1.41. The van der Waals surface area contributed by atoms with E-state index in [1.807, 2.05) is 0 Å². The summed E-state index contributed by atoms with van der Waals surface area (Å²) in [5, 5.41) is 3.42. The molecule has 0 aromatic carbocycles. The molecule has 3 nitrogen and oxygen atoms in total. The highest BCUT2D eigenvalue weighted by Crippen LogP contribution is 2.26. The summed E-state index contributed by atoms with van der Waals surface area (Å²) in [7, 11) is 2.05. The van der Waals surface area contributed by atoms with Crippen LogP contribution in [0.25, 0.3) is 0 Å². The van der Waals surface area contributed by atoms with Crippen LogP contribution >= 0.6 is 0 Å². The van der Waals surface area contributed by atoms with E-state index in [2.05, 4.69) is 26.2 Å². The topological polar surface area (TPSA) is 30.5 Å². The minimum absolute atomic E-state index is 0.524. The van der Waals surface area contributed by atoms with E-state index < -0.39 is 0 Å². The largest absolute Gasteiger partial charge is 0.379 e. The van der Waals surface area contributed by atoms with Gasteiger partial charge in [-0.2, -0.15) is 0 Å². The zero-order valence-electron chi connectivity index (χ0n) is 12.4. The Labute approximate surface area is 113 Å². The molecule has 0 radical (unpaired) electrons. The highest BCUT2D eigenvalue weighted by molar-refractivity contribution is 4.77. The zero-order chi connectivity index (χ0) is 13.2. The second-order valence-electron chi connectivity index (χ2n) is 5.84. The number of likely N-dealkylation sites (N-methyl/N-ethyl adjacent to an activating group) is 1. The van der Waals surface area contributed by atoms with Gasteiger partial charge in [-0.25, -0.2) is 0 Å². The highest BCUT2D eigenvalue weighted by Gasteiger charge is 2.22. The second kappa shape index (κ2) is 9.76. The van der Waals surface area contributed by atoms with Crippen molar-refractivity contribution in [1.29, 1.82) is 0 Å². The molecule has 1 N–H and O–H groups in total. The molecule has 0 amide bonds. The molecule has 0 aliphatic heterocycles. The van der Waals surface area contributed by atoms with Crippen LogP contribution in [0, 0.1) is 11.8 Å². The maximum absolute atomic E-state index is 5.73. The van der Waals surface area contributed by atoms with Gasteiger partial charge in [0.2, 0.25) is 0 Å². The van der Waals surface area contributed by atoms with Gasteiger partial charge in [0, 0.05) is 12.6 Å². The lowest BCUT2D eigenvalue weighted by Crippen LogP contribution is -2.39. The first kappa shape index (κ1) is 15.9. The van der Waals surface area contributed by atoms with E-state index in [9.17, 15) is 0 Å². The molecule has 108 valence electrons. The SMILES string of the molecule is CNC(COCCOCC(C)C)C1CCCCC1. The average molecular weight is 257 g/mol. The fraction of sp³-hybridized carbons (Fsp3) is 1.00. The van der Waals surface area contributed by atoms with E-state index in [0.717, 1.165) is 32.3 Å². The van der Waals surface area contributed by atoms with Crippen molar-refractivity contribution in [3.05, 3.63) is 0 Å². The molecule has 1 aliphatic rings. The summed E-state index contributed by atoms with van der Waals surface area (Å²) >= 11 is 0. The van der Waals surface area contributed by atoms with E-state index in [1.54, 1.807) is 0 Å². The molecule has 1 rings (SSSR count). The van der Waals surface area contributed by atoms with Gasteiger partial charge in [0.1, 0.15) is 0 Å². The van der Waals surface area contributed by atoms with Gasteiger partial charge in [-0.05, 0) is 31.7 Å². The van der Waals surface area contributed by atoms with Crippen LogP contribution in [0.5, 0.6) is 0 Å². The third kappa shape index (κ3) is 6.72. The van der Waals surface area contributed by atoms with Gasteiger partial charge in [-0.15, -0.1) is 0 Å². The first-order chi connectivity index (χ1) is 8.74. The van der Waals surface area contributed by atoms with Crippen LogP contribution < -0.4 is 5.32 Å². The number of nitrogens with one attached hydrogen (secondary N) is 1. The summed E-state index contributed by atoms with van der Waals surface area (Å²) in [6.45, 7) is 7.44. The Balaban J connectivity index is 2.04. The molecule has 0 aromatic heterocycles. The molecule has 0 aromatic rings. The lowest BCUT2D eigenvalue weighted by Gasteiger charge is -2.29. The molecular formula is C15H31NO2.